The number of rotatable bonds is 5. The van der Waals surface area contributed by atoms with E-state index < -0.39 is 0 Å². The average molecular weight is 465 g/mol. The van der Waals surface area contributed by atoms with Gasteiger partial charge in [0.15, 0.2) is 17.5 Å². The van der Waals surface area contributed by atoms with Gasteiger partial charge in [0.25, 0.3) is 0 Å². The van der Waals surface area contributed by atoms with Gasteiger partial charge in [0.2, 0.25) is 6.79 Å². The molecule has 6 heteroatoms. The number of fused-ring (bicyclic) bond motifs is 1. The van der Waals surface area contributed by atoms with E-state index in [1.165, 1.54) is 5.56 Å². The maximum atomic E-state index is 5.43. The van der Waals surface area contributed by atoms with Crippen LogP contribution in [0.1, 0.15) is 30.4 Å². The molecule has 138 valence electrons. The third-order valence-electron chi connectivity index (χ3n) is 4.54. The van der Waals surface area contributed by atoms with Crippen LogP contribution >= 0.6 is 24.0 Å². The number of halogens is 1. The van der Waals surface area contributed by atoms with E-state index in [1.807, 2.05) is 18.2 Å². The van der Waals surface area contributed by atoms with Crippen LogP contribution in [0.25, 0.3) is 0 Å². The second-order valence-corrected chi connectivity index (χ2v) is 6.39. The van der Waals surface area contributed by atoms with Gasteiger partial charge in [-0.3, -0.25) is 0 Å². The number of hydrogen-bond donors (Lipinski definition) is 2. The fourth-order valence-corrected chi connectivity index (χ4v) is 3.13. The minimum absolute atomic E-state index is 0. The van der Waals surface area contributed by atoms with E-state index in [0.717, 1.165) is 36.0 Å². The maximum absolute atomic E-state index is 5.43. The van der Waals surface area contributed by atoms with Gasteiger partial charge in [0, 0.05) is 18.5 Å². The van der Waals surface area contributed by atoms with Crippen LogP contribution in [0.5, 0.6) is 11.5 Å². The summed E-state index contributed by atoms with van der Waals surface area (Å²) in [7, 11) is 0. The first-order valence-electron chi connectivity index (χ1n) is 8.82. The topological polar surface area (TPSA) is 54.9 Å². The molecule has 1 heterocycles. The number of hydrogen-bond acceptors (Lipinski definition) is 3. The zero-order chi connectivity index (χ0) is 17.1. The van der Waals surface area contributed by atoms with Crippen LogP contribution in [0.4, 0.5) is 0 Å². The van der Waals surface area contributed by atoms with Crippen molar-refractivity contribution in [3.05, 3.63) is 59.7 Å². The van der Waals surface area contributed by atoms with Crippen molar-refractivity contribution >= 4 is 29.9 Å². The Morgan fingerprint density at radius 2 is 1.92 bits per heavy atom. The SMILES string of the molecule is CCNC(=NCc1ccc2c(c1)OCO2)NC1CC1c1ccccc1.I. The lowest BCUT2D eigenvalue weighted by Gasteiger charge is -2.11. The van der Waals surface area contributed by atoms with Crippen LogP contribution in [0.3, 0.4) is 0 Å². The Kier molecular flexibility index (Phi) is 6.24. The van der Waals surface area contributed by atoms with Crippen LogP contribution < -0.4 is 20.1 Å². The summed E-state index contributed by atoms with van der Waals surface area (Å²) >= 11 is 0. The first-order valence-corrected chi connectivity index (χ1v) is 8.82. The van der Waals surface area contributed by atoms with Crippen LogP contribution in [-0.2, 0) is 6.54 Å². The molecule has 2 aromatic carbocycles. The third kappa shape index (κ3) is 4.41. The normalized spacial score (nSPS) is 20.3. The monoisotopic (exact) mass is 465 g/mol. The van der Waals surface area contributed by atoms with Gasteiger partial charge in [0.05, 0.1) is 6.54 Å². The fraction of sp³-hybridized carbons (Fsp3) is 0.350. The van der Waals surface area contributed by atoms with Gasteiger partial charge in [0.1, 0.15) is 0 Å². The Hall–Kier alpha value is -1.96. The van der Waals surface area contributed by atoms with Crippen molar-refractivity contribution in [2.24, 2.45) is 4.99 Å². The molecule has 2 atom stereocenters. The van der Waals surface area contributed by atoms with Gasteiger partial charge in [-0.05, 0) is 36.6 Å². The van der Waals surface area contributed by atoms with Crippen molar-refractivity contribution in [2.45, 2.75) is 31.8 Å². The summed E-state index contributed by atoms with van der Waals surface area (Å²) in [5.74, 6) is 3.05. The highest BCUT2D eigenvalue weighted by atomic mass is 127. The Labute approximate surface area is 171 Å². The lowest BCUT2D eigenvalue weighted by Crippen LogP contribution is -2.39. The summed E-state index contributed by atoms with van der Waals surface area (Å²) in [5, 5.41) is 6.88. The first-order chi connectivity index (χ1) is 12.3. The average Bonchev–Trinajstić information content (AvgIpc) is 3.25. The van der Waals surface area contributed by atoms with Gasteiger partial charge < -0.3 is 20.1 Å². The van der Waals surface area contributed by atoms with E-state index in [4.69, 9.17) is 14.5 Å². The van der Waals surface area contributed by atoms with E-state index in [9.17, 15) is 0 Å². The van der Waals surface area contributed by atoms with E-state index in [0.29, 0.717) is 25.3 Å². The van der Waals surface area contributed by atoms with Gasteiger partial charge in [-0.25, -0.2) is 4.99 Å². The van der Waals surface area contributed by atoms with Gasteiger partial charge in [-0.15, -0.1) is 24.0 Å². The minimum atomic E-state index is 0. The summed E-state index contributed by atoms with van der Waals surface area (Å²) in [6.45, 7) is 3.83. The molecule has 1 aliphatic carbocycles. The molecule has 2 unspecified atom stereocenters. The van der Waals surface area contributed by atoms with E-state index in [2.05, 4.69) is 47.9 Å². The van der Waals surface area contributed by atoms with Crippen LogP contribution in [0, 0.1) is 0 Å². The molecule has 0 spiro atoms. The highest BCUT2D eigenvalue weighted by Gasteiger charge is 2.38. The van der Waals surface area contributed by atoms with Crippen LogP contribution in [0.15, 0.2) is 53.5 Å². The molecule has 2 aromatic rings. The third-order valence-corrected chi connectivity index (χ3v) is 4.54. The van der Waals surface area contributed by atoms with Crippen molar-refractivity contribution in [3.8, 4) is 11.5 Å². The van der Waals surface area contributed by atoms with E-state index in [-0.39, 0.29) is 24.0 Å². The molecule has 0 amide bonds. The van der Waals surface area contributed by atoms with Crippen molar-refractivity contribution in [2.75, 3.05) is 13.3 Å². The Bertz CT molecular complexity index is 767. The van der Waals surface area contributed by atoms with E-state index >= 15 is 0 Å². The molecule has 5 nitrogen and oxygen atoms in total. The predicted octanol–water partition coefficient (Wildman–Crippen LogP) is 3.64. The molecule has 26 heavy (non-hydrogen) atoms. The van der Waals surface area contributed by atoms with Crippen molar-refractivity contribution in [1.82, 2.24) is 10.6 Å². The summed E-state index contributed by atoms with van der Waals surface area (Å²) < 4.78 is 10.8. The molecule has 1 fully saturated rings. The summed E-state index contributed by atoms with van der Waals surface area (Å²) in [6, 6.07) is 17.1. The van der Waals surface area contributed by atoms with Crippen LogP contribution in [-0.4, -0.2) is 25.3 Å². The molecule has 0 radical (unpaired) electrons. The van der Waals surface area contributed by atoms with Crippen molar-refractivity contribution < 1.29 is 9.47 Å². The second kappa shape index (κ2) is 8.62. The predicted molar refractivity (Wildman–Crippen MR) is 114 cm³/mol. The number of benzene rings is 2. The zero-order valence-electron chi connectivity index (χ0n) is 14.8. The number of nitrogens with zero attached hydrogens (tertiary/aromatic N) is 1. The summed E-state index contributed by atoms with van der Waals surface area (Å²) in [4.78, 5) is 4.72. The highest BCUT2D eigenvalue weighted by Crippen LogP contribution is 2.40. The molecular formula is C20H24IN3O2. The van der Waals surface area contributed by atoms with Gasteiger partial charge in [-0.2, -0.15) is 0 Å². The molecule has 4 rings (SSSR count). The lowest BCUT2D eigenvalue weighted by atomic mass is 10.1. The largest absolute Gasteiger partial charge is 0.454 e. The molecule has 0 bridgehead atoms. The first kappa shape index (κ1) is 18.8. The maximum Gasteiger partial charge on any atom is 0.231 e. The quantitative estimate of drug-likeness (QED) is 0.402. The standard InChI is InChI=1S/C20H23N3O2.HI/c1-2-21-20(23-17-11-16(17)15-6-4-3-5-7-15)22-12-14-8-9-18-19(10-14)25-13-24-18;/h3-10,16-17H,2,11-13H2,1H3,(H2,21,22,23);1H. The lowest BCUT2D eigenvalue weighted by molar-refractivity contribution is 0.174. The molecule has 0 aromatic heterocycles. The Balaban J connectivity index is 0.00000196. The molecule has 2 N–H and O–H groups in total. The smallest absolute Gasteiger partial charge is 0.231 e. The molecular weight excluding hydrogens is 441 g/mol. The Morgan fingerprint density at radius 1 is 1.12 bits per heavy atom. The summed E-state index contributed by atoms with van der Waals surface area (Å²) in [6.07, 6.45) is 1.15. The number of nitrogens with one attached hydrogen (secondary N) is 2. The zero-order valence-corrected chi connectivity index (χ0v) is 17.1. The van der Waals surface area contributed by atoms with Crippen molar-refractivity contribution in [3.63, 3.8) is 0 Å². The van der Waals surface area contributed by atoms with Crippen molar-refractivity contribution in [1.29, 1.82) is 0 Å². The number of guanidine groups is 1. The van der Waals surface area contributed by atoms with Crippen LogP contribution in [0.2, 0.25) is 0 Å². The summed E-state index contributed by atoms with van der Waals surface area (Å²) in [5.41, 5.74) is 2.50. The fourth-order valence-electron chi connectivity index (χ4n) is 3.13. The Morgan fingerprint density at radius 3 is 2.73 bits per heavy atom. The second-order valence-electron chi connectivity index (χ2n) is 6.39. The van der Waals surface area contributed by atoms with E-state index in [1.54, 1.807) is 0 Å². The van der Waals surface area contributed by atoms with Gasteiger partial charge in [-0.1, -0.05) is 36.4 Å². The molecule has 0 saturated heterocycles. The van der Waals surface area contributed by atoms with Gasteiger partial charge >= 0.3 is 0 Å². The molecule has 2 aliphatic rings. The number of aliphatic imine (C=N–C) groups is 1. The molecule has 1 aliphatic heterocycles. The number of ether oxygens (including phenoxy) is 2. The molecule has 1 saturated carbocycles. The minimum Gasteiger partial charge on any atom is -0.454 e. The highest BCUT2D eigenvalue weighted by molar-refractivity contribution is 14.0.